The van der Waals surface area contributed by atoms with Gasteiger partial charge in [-0.1, -0.05) is 12.8 Å². The van der Waals surface area contributed by atoms with Crippen molar-refractivity contribution in [2.24, 2.45) is 0 Å². The van der Waals surface area contributed by atoms with Gasteiger partial charge in [-0.3, -0.25) is 4.68 Å². The topological polar surface area (TPSA) is 41.6 Å². The molecule has 12 heavy (non-hydrogen) atoms. The molecule has 0 bridgehead atoms. The van der Waals surface area contributed by atoms with Crippen LogP contribution in [0.5, 0.6) is 0 Å². The molecular weight excluding hydrogens is 150 g/mol. The van der Waals surface area contributed by atoms with E-state index in [1.54, 1.807) is 6.07 Å². The summed E-state index contributed by atoms with van der Waals surface area (Å²) in [6.45, 7) is 0. The fourth-order valence-electron chi connectivity index (χ4n) is 1.77. The van der Waals surface area contributed by atoms with Crippen molar-refractivity contribution >= 4 is 0 Å². The Labute approximate surface area is 71.6 Å². The summed E-state index contributed by atoms with van der Waals surface area (Å²) in [6.07, 6.45) is 6.94. The van der Waals surface area contributed by atoms with E-state index in [9.17, 15) is 0 Å². The lowest BCUT2D eigenvalue weighted by molar-refractivity contribution is 0.466. The summed E-state index contributed by atoms with van der Waals surface area (Å²) in [7, 11) is 0. The maximum atomic E-state index is 8.57. The summed E-state index contributed by atoms with van der Waals surface area (Å²) in [5.74, 6) is 0. The van der Waals surface area contributed by atoms with Crippen molar-refractivity contribution in [2.75, 3.05) is 0 Å². The minimum Gasteiger partial charge on any atom is -0.268 e. The highest BCUT2D eigenvalue weighted by Gasteiger charge is 2.17. The Morgan fingerprint density at radius 2 is 2.25 bits per heavy atom. The molecule has 1 saturated carbocycles. The van der Waals surface area contributed by atoms with Gasteiger partial charge in [-0.15, -0.1) is 0 Å². The summed E-state index contributed by atoms with van der Waals surface area (Å²) in [6, 6.07) is 4.36. The Morgan fingerprint density at radius 1 is 1.50 bits per heavy atom. The Bertz CT molecular complexity index is 302. The van der Waals surface area contributed by atoms with E-state index in [0.717, 1.165) is 0 Å². The van der Waals surface area contributed by atoms with Gasteiger partial charge in [-0.05, 0) is 18.9 Å². The van der Waals surface area contributed by atoms with Gasteiger partial charge in [-0.2, -0.15) is 10.4 Å². The second kappa shape index (κ2) is 2.98. The number of nitrogens with zero attached hydrogens (tertiary/aromatic N) is 3. The first-order chi connectivity index (χ1) is 5.90. The van der Waals surface area contributed by atoms with E-state index >= 15 is 0 Å². The second-order valence-corrected chi connectivity index (χ2v) is 3.23. The molecule has 1 aromatic rings. The van der Waals surface area contributed by atoms with Gasteiger partial charge in [0.1, 0.15) is 6.07 Å². The quantitative estimate of drug-likeness (QED) is 0.631. The first-order valence-corrected chi connectivity index (χ1v) is 4.35. The molecule has 1 aliphatic carbocycles. The molecule has 0 atom stereocenters. The van der Waals surface area contributed by atoms with Gasteiger partial charge in [0.15, 0.2) is 5.69 Å². The number of hydrogen-bond acceptors (Lipinski definition) is 2. The molecule has 0 amide bonds. The van der Waals surface area contributed by atoms with Crippen LogP contribution in [0.3, 0.4) is 0 Å². The van der Waals surface area contributed by atoms with Crippen LogP contribution in [0, 0.1) is 11.3 Å². The normalized spacial score (nSPS) is 17.9. The smallest absolute Gasteiger partial charge is 0.162 e. The van der Waals surface area contributed by atoms with Gasteiger partial charge in [0.2, 0.25) is 0 Å². The highest BCUT2D eigenvalue weighted by molar-refractivity contribution is 5.16. The van der Waals surface area contributed by atoms with E-state index in [0.29, 0.717) is 11.7 Å². The van der Waals surface area contributed by atoms with Crippen molar-refractivity contribution in [1.29, 1.82) is 5.26 Å². The van der Waals surface area contributed by atoms with Crippen LogP contribution in [-0.4, -0.2) is 9.78 Å². The molecule has 0 spiro atoms. The van der Waals surface area contributed by atoms with Crippen LogP contribution in [0.2, 0.25) is 0 Å². The van der Waals surface area contributed by atoms with E-state index in [4.69, 9.17) is 5.26 Å². The molecule has 1 aliphatic rings. The molecule has 1 aromatic heterocycles. The zero-order valence-electron chi connectivity index (χ0n) is 6.90. The van der Waals surface area contributed by atoms with Crippen molar-refractivity contribution < 1.29 is 0 Å². The largest absolute Gasteiger partial charge is 0.268 e. The van der Waals surface area contributed by atoms with Gasteiger partial charge >= 0.3 is 0 Å². The zero-order chi connectivity index (χ0) is 8.39. The number of nitriles is 1. The molecule has 1 heterocycles. The van der Waals surface area contributed by atoms with Crippen molar-refractivity contribution in [3.8, 4) is 6.07 Å². The lowest BCUT2D eigenvalue weighted by Gasteiger charge is -2.07. The average molecular weight is 161 g/mol. The first kappa shape index (κ1) is 7.35. The van der Waals surface area contributed by atoms with Crippen LogP contribution in [0.25, 0.3) is 0 Å². The monoisotopic (exact) mass is 161 g/mol. The molecule has 3 nitrogen and oxygen atoms in total. The van der Waals surface area contributed by atoms with E-state index in [-0.39, 0.29) is 0 Å². The van der Waals surface area contributed by atoms with Gasteiger partial charge in [0, 0.05) is 6.20 Å². The summed E-state index contributed by atoms with van der Waals surface area (Å²) < 4.78 is 1.94. The fraction of sp³-hybridized carbons (Fsp3) is 0.556. The van der Waals surface area contributed by atoms with Crippen LogP contribution >= 0.6 is 0 Å². The molecular formula is C9H11N3. The van der Waals surface area contributed by atoms with Crippen molar-refractivity contribution in [1.82, 2.24) is 9.78 Å². The van der Waals surface area contributed by atoms with Gasteiger partial charge < -0.3 is 0 Å². The van der Waals surface area contributed by atoms with E-state index in [2.05, 4.69) is 5.10 Å². The molecule has 3 heteroatoms. The number of rotatable bonds is 1. The lowest BCUT2D eigenvalue weighted by atomic mass is 10.3. The molecule has 0 saturated heterocycles. The Balaban J connectivity index is 2.17. The maximum Gasteiger partial charge on any atom is 0.162 e. The molecule has 2 rings (SSSR count). The summed E-state index contributed by atoms with van der Waals surface area (Å²) in [4.78, 5) is 0. The van der Waals surface area contributed by atoms with E-state index < -0.39 is 0 Å². The zero-order valence-corrected chi connectivity index (χ0v) is 6.90. The predicted octanol–water partition coefficient (Wildman–Crippen LogP) is 1.87. The third-order valence-electron chi connectivity index (χ3n) is 2.42. The van der Waals surface area contributed by atoms with Crippen LogP contribution in [-0.2, 0) is 0 Å². The predicted molar refractivity (Wildman–Crippen MR) is 44.4 cm³/mol. The van der Waals surface area contributed by atoms with E-state index in [1.165, 1.54) is 25.7 Å². The van der Waals surface area contributed by atoms with Crippen molar-refractivity contribution in [3.63, 3.8) is 0 Å². The summed E-state index contributed by atoms with van der Waals surface area (Å²) in [5, 5.41) is 12.7. The minimum atomic E-state index is 0.530. The van der Waals surface area contributed by atoms with Crippen LogP contribution in [0.4, 0.5) is 0 Å². The second-order valence-electron chi connectivity index (χ2n) is 3.23. The number of hydrogen-bond donors (Lipinski definition) is 0. The maximum absolute atomic E-state index is 8.57. The average Bonchev–Trinajstić information content (AvgIpc) is 2.75. The molecule has 0 aromatic carbocycles. The van der Waals surface area contributed by atoms with E-state index in [1.807, 2.05) is 16.9 Å². The molecule has 0 radical (unpaired) electrons. The number of aromatic nitrogens is 2. The van der Waals surface area contributed by atoms with Crippen molar-refractivity contribution in [2.45, 2.75) is 31.7 Å². The summed E-state index contributed by atoms with van der Waals surface area (Å²) >= 11 is 0. The molecule has 0 N–H and O–H groups in total. The van der Waals surface area contributed by atoms with Crippen LogP contribution in [0.1, 0.15) is 37.4 Å². The summed E-state index contributed by atoms with van der Waals surface area (Å²) in [5.41, 5.74) is 0.530. The molecule has 0 aliphatic heterocycles. The minimum absolute atomic E-state index is 0.530. The van der Waals surface area contributed by atoms with Crippen molar-refractivity contribution in [3.05, 3.63) is 18.0 Å². The molecule has 1 fully saturated rings. The highest BCUT2D eigenvalue weighted by Crippen LogP contribution is 2.28. The van der Waals surface area contributed by atoms with Gasteiger partial charge in [0.05, 0.1) is 6.04 Å². The third kappa shape index (κ3) is 1.20. The van der Waals surface area contributed by atoms with Gasteiger partial charge in [0.25, 0.3) is 0 Å². The SMILES string of the molecule is N#Cc1ccn(C2CCCC2)n1. The Morgan fingerprint density at radius 3 is 2.83 bits per heavy atom. The third-order valence-corrected chi connectivity index (χ3v) is 2.42. The lowest BCUT2D eigenvalue weighted by Crippen LogP contribution is -2.04. The standard InChI is InChI=1S/C9H11N3/c10-7-8-5-6-12(11-8)9-3-1-2-4-9/h5-6,9H,1-4H2. The van der Waals surface area contributed by atoms with Crippen LogP contribution in [0.15, 0.2) is 12.3 Å². The Hall–Kier alpha value is -1.30. The fourth-order valence-corrected chi connectivity index (χ4v) is 1.77. The van der Waals surface area contributed by atoms with Crippen LogP contribution < -0.4 is 0 Å². The first-order valence-electron chi connectivity index (χ1n) is 4.35. The molecule has 0 unspecified atom stereocenters. The van der Waals surface area contributed by atoms with Gasteiger partial charge in [-0.25, -0.2) is 0 Å². The highest BCUT2D eigenvalue weighted by atomic mass is 15.3. The molecule has 62 valence electrons. The Kier molecular flexibility index (Phi) is 1.83.